The van der Waals surface area contributed by atoms with Crippen molar-refractivity contribution in [2.45, 2.75) is 0 Å². The van der Waals surface area contributed by atoms with Crippen LogP contribution < -0.4 is 0 Å². The molecule has 0 aliphatic rings. The second-order valence-corrected chi connectivity index (χ2v) is 10.4. The second kappa shape index (κ2) is 9.24. The Morgan fingerprint density at radius 1 is 0.405 bits per heavy atom. The zero-order chi connectivity index (χ0) is 28.2. The maximum absolute atomic E-state index is 9.81. The number of hydrogen-bond donors (Lipinski definition) is 0. The highest BCUT2D eigenvalue weighted by molar-refractivity contribution is 6.09. The van der Waals surface area contributed by atoms with Crippen LogP contribution in [0, 0.1) is 22.7 Å². The van der Waals surface area contributed by atoms with Crippen LogP contribution in [0.3, 0.4) is 0 Å². The molecule has 4 nitrogen and oxygen atoms in total. The molecule has 2 heterocycles. The molecule has 194 valence electrons. The number of benzene rings is 6. The molecule has 0 aliphatic carbocycles. The van der Waals surface area contributed by atoms with E-state index < -0.39 is 0 Å². The molecule has 0 atom stereocenters. The van der Waals surface area contributed by atoms with Crippen LogP contribution in [0.1, 0.15) is 11.1 Å². The third-order valence-electron chi connectivity index (χ3n) is 7.98. The number of para-hydroxylation sites is 1. The molecule has 0 radical (unpaired) electrons. The number of fused-ring (bicyclic) bond motifs is 6. The van der Waals surface area contributed by atoms with Crippen LogP contribution in [0.25, 0.3) is 77.3 Å². The topological polar surface area (TPSA) is 73.9 Å². The summed E-state index contributed by atoms with van der Waals surface area (Å²) in [5.74, 6) is 0. The Labute approximate surface area is 240 Å². The Hall–Kier alpha value is -6.10. The molecule has 8 rings (SSSR count). The summed E-state index contributed by atoms with van der Waals surface area (Å²) in [7, 11) is 0. The van der Waals surface area contributed by atoms with Crippen molar-refractivity contribution in [3.63, 3.8) is 0 Å². The predicted octanol–water partition coefficient (Wildman–Crippen LogP) is 10.2. The lowest BCUT2D eigenvalue weighted by Crippen LogP contribution is -1.90. The van der Waals surface area contributed by atoms with Gasteiger partial charge in [0.2, 0.25) is 0 Å². The molecule has 0 spiro atoms. The van der Waals surface area contributed by atoms with Gasteiger partial charge >= 0.3 is 0 Å². The van der Waals surface area contributed by atoms with Gasteiger partial charge in [0.1, 0.15) is 22.3 Å². The van der Waals surface area contributed by atoms with Crippen LogP contribution in [0.2, 0.25) is 0 Å². The van der Waals surface area contributed by atoms with Crippen molar-refractivity contribution >= 4 is 43.9 Å². The summed E-state index contributed by atoms with van der Waals surface area (Å²) < 4.78 is 12.2. The van der Waals surface area contributed by atoms with Gasteiger partial charge in [-0.15, -0.1) is 0 Å². The first kappa shape index (κ1) is 23.8. The van der Waals surface area contributed by atoms with Crippen LogP contribution in [0.5, 0.6) is 0 Å². The van der Waals surface area contributed by atoms with Gasteiger partial charge in [-0.25, -0.2) is 0 Å². The number of rotatable bonds is 3. The summed E-state index contributed by atoms with van der Waals surface area (Å²) in [6.07, 6.45) is 0. The minimum Gasteiger partial charge on any atom is -0.456 e. The summed E-state index contributed by atoms with van der Waals surface area (Å²) in [4.78, 5) is 0. The van der Waals surface area contributed by atoms with Gasteiger partial charge < -0.3 is 8.83 Å². The SMILES string of the molecule is N#Cc1ccc2oc3ccc(-c4ccc(-c5ccccc5C#N)cc4-c4ccc5oc6ccccc6c5c4)cc3c2c1. The Bertz CT molecular complexity index is 2450. The van der Waals surface area contributed by atoms with Gasteiger partial charge in [0.05, 0.1) is 23.3 Å². The average Bonchev–Trinajstić information content (AvgIpc) is 3.61. The standard InChI is InChI=1S/C38H20N2O2/c39-21-23-9-14-36-32(17-23)34-19-25(11-15-38(34)42-36)29-13-10-24(28-6-2-1-5-27(28)22-40)18-31(29)26-12-16-37-33(20-26)30-7-3-4-8-35(30)41-37/h1-20H. The third kappa shape index (κ3) is 3.68. The molecule has 42 heavy (non-hydrogen) atoms. The van der Waals surface area contributed by atoms with E-state index in [1.807, 2.05) is 66.7 Å². The van der Waals surface area contributed by atoms with E-state index in [9.17, 15) is 10.5 Å². The number of nitriles is 2. The third-order valence-corrected chi connectivity index (χ3v) is 7.98. The van der Waals surface area contributed by atoms with Crippen LogP contribution in [-0.4, -0.2) is 0 Å². The van der Waals surface area contributed by atoms with Crippen molar-refractivity contribution in [1.29, 1.82) is 10.5 Å². The smallest absolute Gasteiger partial charge is 0.135 e. The molecule has 8 aromatic rings. The first-order chi connectivity index (χ1) is 20.7. The molecular formula is C38H20N2O2. The van der Waals surface area contributed by atoms with Gasteiger partial charge in [-0.1, -0.05) is 60.7 Å². The maximum Gasteiger partial charge on any atom is 0.135 e. The van der Waals surface area contributed by atoms with Crippen molar-refractivity contribution in [2.75, 3.05) is 0 Å². The van der Waals surface area contributed by atoms with Crippen LogP contribution in [0.15, 0.2) is 130 Å². The fraction of sp³-hybridized carbons (Fsp3) is 0. The number of nitrogens with zero attached hydrogens (tertiary/aromatic N) is 2. The molecule has 0 amide bonds. The molecule has 0 N–H and O–H groups in total. The first-order valence-corrected chi connectivity index (χ1v) is 13.6. The van der Waals surface area contributed by atoms with Crippen LogP contribution in [0.4, 0.5) is 0 Å². The fourth-order valence-corrected chi connectivity index (χ4v) is 5.94. The minimum atomic E-state index is 0.595. The number of furan rings is 2. The minimum absolute atomic E-state index is 0.595. The van der Waals surface area contributed by atoms with Crippen LogP contribution >= 0.6 is 0 Å². The van der Waals surface area contributed by atoms with Gasteiger partial charge in [0.25, 0.3) is 0 Å². The van der Waals surface area contributed by atoms with E-state index in [0.29, 0.717) is 11.1 Å². The normalized spacial score (nSPS) is 11.3. The molecule has 6 aromatic carbocycles. The Morgan fingerprint density at radius 3 is 1.74 bits per heavy atom. The van der Waals surface area contributed by atoms with E-state index in [4.69, 9.17) is 8.83 Å². The largest absolute Gasteiger partial charge is 0.456 e. The molecule has 4 heteroatoms. The number of hydrogen-bond acceptors (Lipinski definition) is 4. The molecular weight excluding hydrogens is 516 g/mol. The summed E-state index contributed by atoms with van der Waals surface area (Å²) in [6.45, 7) is 0. The molecule has 0 bridgehead atoms. The van der Waals surface area contributed by atoms with Crippen molar-refractivity contribution in [3.8, 4) is 45.5 Å². The van der Waals surface area contributed by atoms with Crippen molar-refractivity contribution in [2.24, 2.45) is 0 Å². The van der Waals surface area contributed by atoms with Gasteiger partial charge in [-0.3, -0.25) is 0 Å². The summed E-state index contributed by atoms with van der Waals surface area (Å²) in [5.41, 5.74) is 10.5. The van der Waals surface area contributed by atoms with Gasteiger partial charge in [-0.2, -0.15) is 10.5 Å². The van der Waals surface area contributed by atoms with E-state index in [-0.39, 0.29) is 0 Å². The average molecular weight is 537 g/mol. The fourth-order valence-electron chi connectivity index (χ4n) is 5.94. The highest BCUT2D eigenvalue weighted by Gasteiger charge is 2.16. The predicted molar refractivity (Wildman–Crippen MR) is 167 cm³/mol. The highest BCUT2D eigenvalue weighted by Crippen LogP contribution is 2.41. The van der Waals surface area contributed by atoms with E-state index in [2.05, 4.69) is 60.7 Å². The van der Waals surface area contributed by atoms with Crippen molar-refractivity contribution in [1.82, 2.24) is 0 Å². The van der Waals surface area contributed by atoms with Gasteiger partial charge in [-0.05, 0) is 94.0 Å². The van der Waals surface area contributed by atoms with E-state index in [1.54, 1.807) is 6.07 Å². The zero-order valence-corrected chi connectivity index (χ0v) is 22.3. The molecule has 0 fully saturated rings. The van der Waals surface area contributed by atoms with Crippen molar-refractivity contribution < 1.29 is 8.83 Å². The Balaban J connectivity index is 1.39. The maximum atomic E-state index is 9.81. The molecule has 0 aliphatic heterocycles. The van der Waals surface area contributed by atoms with E-state index >= 15 is 0 Å². The summed E-state index contributed by atoms with van der Waals surface area (Å²) >= 11 is 0. The zero-order valence-electron chi connectivity index (χ0n) is 22.3. The van der Waals surface area contributed by atoms with Crippen molar-refractivity contribution in [3.05, 3.63) is 132 Å². The van der Waals surface area contributed by atoms with E-state index in [0.717, 1.165) is 77.3 Å². The monoisotopic (exact) mass is 536 g/mol. The quantitative estimate of drug-likeness (QED) is 0.225. The van der Waals surface area contributed by atoms with Gasteiger partial charge in [0.15, 0.2) is 0 Å². The lowest BCUT2D eigenvalue weighted by atomic mass is 9.89. The summed E-state index contributed by atoms with van der Waals surface area (Å²) in [6, 6.07) is 44.7. The van der Waals surface area contributed by atoms with Gasteiger partial charge in [0, 0.05) is 21.5 Å². The Morgan fingerprint density at radius 2 is 0.976 bits per heavy atom. The molecule has 0 saturated carbocycles. The Kier molecular flexibility index (Phi) is 5.22. The molecule has 0 saturated heterocycles. The first-order valence-electron chi connectivity index (χ1n) is 13.6. The lowest BCUT2D eigenvalue weighted by Gasteiger charge is -2.14. The highest BCUT2D eigenvalue weighted by atomic mass is 16.3. The molecule has 2 aromatic heterocycles. The second-order valence-electron chi connectivity index (χ2n) is 10.4. The van der Waals surface area contributed by atoms with E-state index in [1.165, 1.54) is 0 Å². The van der Waals surface area contributed by atoms with Crippen LogP contribution in [-0.2, 0) is 0 Å². The molecule has 0 unspecified atom stereocenters. The lowest BCUT2D eigenvalue weighted by molar-refractivity contribution is 0.668. The summed E-state index contributed by atoms with van der Waals surface area (Å²) in [5, 5.41) is 23.3.